The first-order valence-electron chi connectivity index (χ1n) is 7.92. The third kappa shape index (κ3) is 5.93. The van der Waals surface area contributed by atoms with Crippen LogP contribution in [0.5, 0.6) is 0 Å². The molecular formula is C19H20N2O4S. The maximum Gasteiger partial charge on any atom is 0.339 e. The van der Waals surface area contributed by atoms with Crippen LogP contribution in [0.2, 0.25) is 0 Å². The molecule has 2 aromatic rings. The highest BCUT2D eigenvalue weighted by atomic mass is 32.2. The third-order valence-electron chi connectivity index (χ3n) is 3.49. The number of likely N-dealkylation sites (N-methyl/N-ethyl adjacent to an activating group) is 1. The van der Waals surface area contributed by atoms with Gasteiger partial charge in [-0.25, -0.2) is 4.79 Å². The van der Waals surface area contributed by atoms with E-state index in [1.807, 2.05) is 30.3 Å². The Hall–Kier alpha value is -2.80. The number of amides is 2. The molecule has 136 valence electrons. The quantitative estimate of drug-likeness (QED) is 0.566. The first-order chi connectivity index (χ1) is 12.5. The Morgan fingerprint density at radius 3 is 2.38 bits per heavy atom. The predicted molar refractivity (Wildman–Crippen MR) is 99.6 cm³/mol. The molecule has 0 atom stereocenters. The van der Waals surface area contributed by atoms with E-state index in [9.17, 15) is 14.4 Å². The zero-order valence-corrected chi connectivity index (χ0v) is 15.2. The monoisotopic (exact) mass is 372 g/mol. The summed E-state index contributed by atoms with van der Waals surface area (Å²) < 4.78 is 5.14. The summed E-state index contributed by atoms with van der Waals surface area (Å²) >= 11 is 1.16. The van der Waals surface area contributed by atoms with E-state index in [4.69, 9.17) is 10.5 Å². The van der Waals surface area contributed by atoms with Crippen LogP contribution in [0.25, 0.3) is 0 Å². The van der Waals surface area contributed by atoms with Gasteiger partial charge in [-0.15, -0.1) is 11.8 Å². The van der Waals surface area contributed by atoms with Crippen LogP contribution in [-0.2, 0) is 20.9 Å². The number of carbonyl (C=O) groups excluding carboxylic acids is 3. The molecule has 26 heavy (non-hydrogen) atoms. The van der Waals surface area contributed by atoms with Crippen LogP contribution in [0, 0.1) is 0 Å². The SMILES string of the molecule is CN(Cc1ccccc1)C(=O)COC(=O)c1ccccc1SCC(N)=O. The Labute approximate surface area is 156 Å². The van der Waals surface area contributed by atoms with Gasteiger partial charge in [-0.1, -0.05) is 42.5 Å². The van der Waals surface area contributed by atoms with E-state index >= 15 is 0 Å². The lowest BCUT2D eigenvalue weighted by Gasteiger charge is -2.17. The van der Waals surface area contributed by atoms with Gasteiger partial charge >= 0.3 is 5.97 Å². The molecule has 2 N–H and O–H groups in total. The van der Waals surface area contributed by atoms with Gasteiger partial charge < -0.3 is 15.4 Å². The molecule has 0 saturated carbocycles. The number of carbonyl (C=O) groups is 3. The number of ether oxygens (including phenoxy) is 1. The number of primary amides is 1. The molecule has 0 aromatic heterocycles. The molecule has 2 aromatic carbocycles. The Balaban J connectivity index is 1.91. The predicted octanol–water partition coefficient (Wildman–Crippen LogP) is 2.08. The molecule has 2 rings (SSSR count). The minimum Gasteiger partial charge on any atom is -0.452 e. The minimum atomic E-state index is -0.612. The average molecular weight is 372 g/mol. The highest BCUT2D eigenvalue weighted by Gasteiger charge is 2.17. The number of benzene rings is 2. The molecule has 6 nitrogen and oxygen atoms in total. The average Bonchev–Trinajstić information content (AvgIpc) is 2.65. The second kappa shape index (κ2) is 9.62. The van der Waals surface area contributed by atoms with E-state index in [2.05, 4.69) is 0 Å². The number of nitrogens with two attached hydrogens (primary N) is 1. The van der Waals surface area contributed by atoms with Crippen LogP contribution in [0.3, 0.4) is 0 Å². The number of thioether (sulfide) groups is 1. The minimum absolute atomic E-state index is 0.0586. The number of hydrogen-bond donors (Lipinski definition) is 1. The molecular weight excluding hydrogens is 352 g/mol. The van der Waals surface area contributed by atoms with Gasteiger partial charge in [-0.05, 0) is 17.7 Å². The molecule has 2 amide bonds. The largest absolute Gasteiger partial charge is 0.452 e. The summed E-state index contributed by atoms with van der Waals surface area (Å²) in [6.45, 7) is 0.0826. The van der Waals surface area contributed by atoms with Crippen molar-refractivity contribution in [1.29, 1.82) is 0 Å². The fourth-order valence-electron chi connectivity index (χ4n) is 2.17. The summed E-state index contributed by atoms with van der Waals surface area (Å²) in [6, 6.07) is 16.3. The van der Waals surface area contributed by atoms with Gasteiger partial charge in [0, 0.05) is 18.5 Å². The molecule has 0 heterocycles. The van der Waals surface area contributed by atoms with Crippen LogP contribution >= 0.6 is 11.8 Å². The molecule has 0 unspecified atom stereocenters. The van der Waals surface area contributed by atoms with Gasteiger partial charge in [0.25, 0.3) is 5.91 Å². The van der Waals surface area contributed by atoms with Crippen molar-refractivity contribution < 1.29 is 19.1 Å². The van der Waals surface area contributed by atoms with Crippen molar-refractivity contribution in [2.24, 2.45) is 5.73 Å². The molecule has 0 saturated heterocycles. The van der Waals surface area contributed by atoms with Gasteiger partial charge in [0.05, 0.1) is 11.3 Å². The number of rotatable bonds is 8. The zero-order valence-electron chi connectivity index (χ0n) is 14.4. The van der Waals surface area contributed by atoms with Crippen molar-refractivity contribution in [2.75, 3.05) is 19.4 Å². The van der Waals surface area contributed by atoms with Gasteiger partial charge in [0.2, 0.25) is 5.91 Å². The standard InChI is InChI=1S/C19H20N2O4S/c1-21(11-14-7-3-2-4-8-14)18(23)12-25-19(24)15-9-5-6-10-16(15)26-13-17(20)22/h2-10H,11-13H2,1H3,(H2,20,22). The fourth-order valence-corrected chi connectivity index (χ4v) is 2.95. The van der Waals surface area contributed by atoms with Crippen LogP contribution in [0.4, 0.5) is 0 Å². The second-order valence-electron chi connectivity index (χ2n) is 5.56. The van der Waals surface area contributed by atoms with Crippen molar-refractivity contribution in [2.45, 2.75) is 11.4 Å². The summed E-state index contributed by atoms with van der Waals surface area (Å²) in [5, 5.41) is 0. The summed E-state index contributed by atoms with van der Waals surface area (Å²) in [4.78, 5) is 37.4. The topological polar surface area (TPSA) is 89.7 Å². The van der Waals surface area contributed by atoms with Crippen LogP contribution < -0.4 is 5.73 Å². The maximum atomic E-state index is 12.3. The van der Waals surface area contributed by atoms with Gasteiger partial charge in [0.1, 0.15) is 0 Å². The highest BCUT2D eigenvalue weighted by Crippen LogP contribution is 2.23. The fraction of sp³-hybridized carbons (Fsp3) is 0.211. The van der Waals surface area contributed by atoms with Crippen molar-refractivity contribution >= 4 is 29.5 Å². The number of hydrogen-bond acceptors (Lipinski definition) is 5. The molecule has 7 heteroatoms. The maximum absolute atomic E-state index is 12.3. The van der Waals surface area contributed by atoms with Crippen LogP contribution in [0.1, 0.15) is 15.9 Å². The molecule has 0 aliphatic rings. The van der Waals surface area contributed by atoms with Gasteiger partial charge in [-0.2, -0.15) is 0 Å². The molecule has 0 fully saturated rings. The summed E-state index contributed by atoms with van der Waals surface area (Å²) in [6.07, 6.45) is 0. The zero-order chi connectivity index (χ0) is 18.9. The molecule has 0 spiro atoms. The first kappa shape index (κ1) is 19.5. The number of nitrogens with zero attached hydrogens (tertiary/aromatic N) is 1. The van der Waals surface area contributed by atoms with E-state index in [-0.39, 0.29) is 18.3 Å². The summed E-state index contributed by atoms with van der Waals surface area (Å²) in [5.41, 5.74) is 6.43. The highest BCUT2D eigenvalue weighted by molar-refractivity contribution is 8.00. The van der Waals surface area contributed by atoms with Crippen molar-refractivity contribution in [3.05, 3.63) is 65.7 Å². The molecule has 0 aliphatic heterocycles. The van der Waals surface area contributed by atoms with Gasteiger partial charge in [-0.3, -0.25) is 9.59 Å². The van der Waals surface area contributed by atoms with Gasteiger partial charge in [0.15, 0.2) is 6.61 Å². The van der Waals surface area contributed by atoms with E-state index < -0.39 is 11.9 Å². The Morgan fingerprint density at radius 2 is 1.69 bits per heavy atom. The molecule has 0 aliphatic carbocycles. The summed E-state index contributed by atoms with van der Waals surface area (Å²) in [7, 11) is 1.65. The molecule has 0 radical (unpaired) electrons. The molecule has 0 bridgehead atoms. The van der Waals surface area contributed by atoms with Crippen LogP contribution in [-0.4, -0.2) is 42.1 Å². The van der Waals surface area contributed by atoms with E-state index in [0.29, 0.717) is 17.0 Å². The lowest BCUT2D eigenvalue weighted by Crippen LogP contribution is -2.30. The van der Waals surface area contributed by atoms with E-state index in [1.54, 1.807) is 31.3 Å². The van der Waals surface area contributed by atoms with Crippen LogP contribution in [0.15, 0.2) is 59.5 Å². The van der Waals surface area contributed by atoms with Crippen molar-refractivity contribution in [1.82, 2.24) is 4.90 Å². The van der Waals surface area contributed by atoms with Crippen molar-refractivity contribution in [3.8, 4) is 0 Å². The lowest BCUT2D eigenvalue weighted by atomic mass is 10.2. The first-order valence-corrected chi connectivity index (χ1v) is 8.91. The Bertz CT molecular complexity index is 780. The third-order valence-corrected chi connectivity index (χ3v) is 4.59. The normalized spacial score (nSPS) is 10.2. The summed E-state index contributed by atoms with van der Waals surface area (Å²) in [5.74, 6) is -1.33. The Morgan fingerprint density at radius 1 is 1.04 bits per heavy atom. The second-order valence-corrected chi connectivity index (χ2v) is 6.58. The van der Waals surface area contributed by atoms with E-state index in [0.717, 1.165) is 17.3 Å². The Kier molecular flexibility index (Phi) is 7.23. The number of esters is 1. The van der Waals surface area contributed by atoms with Crippen molar-refractivity contribution in [3.63, 3.8) is 0 Å². The lowest BCUT2D eigenvalue weighted by molar-refractivity contribution is -0.133. The smallest absolute Gasteiger partial charge is 0.339 e. The van der Waals surface area contributed by atoms with E-state index in [1.165, 1.54) is 4.90 Å².